The summed E-state index contributed by atoms with van der Waals surface area (Å²) < 4.78 is 31.0. The van der Waals surface area contributed by atoms with Crippen molar-refractivity contribution in [2.24, 2.45) is 0 Å². The Morgan fingerprint density at radius 3 is 2.07 bits per heavy atom. The van der Waals surface area contributed by atoms with Gasteiger partial charge in [0.15, 0.2) is 0 Å². The van der Waals surface area contributed by atoms with Crippen LogP contribution in [0.25, 0.3) is 0 Å². The maximum absolute atomic E-state index is 13.0. The van der Waals surface area contributed by atoms with Gasteiger partial charge in [-0.1, -0.05) is 19.1 Å². The third-order valence-electron chi connectivity index (χ3n) is 4.78. The summed E-state index contributed by atoms with van der Waals surface area (Å²) in [5, 5.41) is 0. The van der Waals surface area contributed by atoms with E-state index in [2.05, 4.69) is 0 Å². The van der Waals surface area contributed by atoms with E-state index in [1.807, 2.05) is 19.1 Å². The molecule has 156 valence electrons. The number of amides is 2. The van der Waals surface area contributed by atoms with Crippen LogP contribution in [-0.2, 0) is 26.0 Å². The van der Waals surface area contributed by atoms with E-state index in [0.717, 1.165) is 22.5 Å². The molecule has 1 aliphatic heterocycles. The summed E-state index contributed by atoms with van der Waals surface area (Å²) in [4.78, 5) is 27.9. The van der Waals surface area contributed by atoms with Crippen LogP contribution in [0.2, 0.25) is 0 Å². The molecule has 8 nitrogen and oxygen atoms in total. The molecule has 0 aromatic heterocycles. The molecule has 2 rings (SSSR count). The molecule has 1 aliphatic rings. The number of rotatable bonds is 6. The molecule has 1 aromatic rings. The lowest BCUT2D eigenvalue weighted by molar-refractivity contribution is -0.133. The number of nitrogens with zero attached hydrogens (tertiary/aromatic N) is 3. The number of hydrogen-bond donors (Lipinski definition) is 0. The zero-order valence-corrected chi connectivity index (χ0v) is 17.7. The second kappa shape index (κ2) is 9.27. The minimum Gasteiger partial charge on any atom is -0.450 e. The minimum absolute atomic E-state index is 0.284. The van der Waals surface area contributed by atoms with Crippen LogP contribution in [0.5, 0.6) is 0 Å². The molecular formula is C19H29N3O5S. The van der Waals surface area contributed by atoms with E-state index < -0.39 is 22.2 Å². The molecule has 0 aliphatic carbocycles. The van der Waals surface area contributed by atoms with Crippen LogP contribution < -0.4 is 4.31 Å². The van der Waals surface area contributed by atoms with Crippen LogP contribution in [0.3, 0.4) is 0 Å². The summed E-state index contributed by atoms with van der Waals surface area (Å²) in [6.45, 7) is 7.06. The first-order chi connectivity index (χ1) is 13.2. The molecule has 0 saturated carbocycles. The van der Waals surface area contributed by atoms with E-state index in [-0.39, 0.29) is 5.91 Å². The number of hydrogen-bond acceptors (Lipinski definition) is 5. The zero-order chi connectivity index (χ0) is 20.9. The number of carbonyl (C=O) groups is 2. The van der Waals surface area contributed by atoms with Gasteiger partial charge in [-0.15, -0.1) is 0 Å². The van der Waals surface area contributed by atoms with Crippen LogP contribution in [0.4, 0.5) is 10.5 Å². The van der Waals surface area contributed by atoms with E-state index in [0.29, 0.717) is 38.5 Å². The second-order valence-corrected chi connectivity index (χ2v) is 8.63. The first kappa shape index (κ1) is 22.0. The van der Waals surface area contributed by atoms with Crippen LogP contribution in [0.1, 0.15) is 26.3 Å². The van der Waals surface area contributed by atoms with E-state index in [1.54, 1.807) is 35.8 Å². The molecule has 2 amide bonds. The second-order valence-electron chi connectivity index (χ2n) is 6.77. The normalized spacial score (nSPS) is 15.9. The molecule has 1 atom stereocenters. The predicted octanol–water partition coefficient (Wildman–Crippen LogP) is 1.70. The van der Waals surface area contributed by atoms with Crippen molar-refractivity contribution >= 4 is 27.7 Å². The molecular weight excluding hydrogens is 382 g/mol. The molecule has 1 saturated heterocycles. The molecule has 1 unspecified atom stereocenters. The Hall–Kier alpha value is -2.29. The molecule has 9 heteroatoms. The van der Waals surface area contributed by atoms with Gasteiger partial charge in [-0.25, -0.2) is 13.2 Å². The van der Waals surface area contributed by atoms with Crippen molar-refractivity contribution in [2.75, 3.05) is 43.3 Å². The highest BCUT2D eigenvalue weighted by molar-refractivity contribution is 7.92. The Bertz CT molecular complexity index is 786. The molecule has 1 aromatic carbocycles. The number of ether oxygens (including phenoxy) is 1. The quantitative estimate of drug-likeness (QED) is 0.711. The van der Waals surface area contributed by atoms with Gasteiger partial charge in [-0.3, -0.25) is 9.10 Å². The summed E-state index contributed by atoms with van der Waals surface area (Å²) in [6.07, 6.45) is 1.55. The fourth-order valence-electron chi connectivity index (χ4n) is 3.27. The van der Waals surface area contributed by atoms with Crippen molar-refractivity contribution < 1.29 is 22.7 Å². The molecule has 0 N–H and O–H groups in total. The monoisotopic (exact) mass is 411 g/mol. The van der Waals surface area contributed by atoms with Gasteiger partial charge in [0, 0.05) is 26.2 Å². The largest absolute Gasteiger partial charge is 0.450 e. The van der Waals surface area contributed by atoms with Crippen molar-refractivity contribution in [3.63, 3.8) is 0 Å². The molecule has 0 spiro atoms. The SMILES string of the molecule is CCOC(=O)N1CCN(C(=O)C(C)N(c2ccc(CC)cc2)S(C)(=O)=O)CC1. The molecule has 0 radical (unpaired) electrons. The maximum Gasteiger partial charge on any atom is 0.409 e. The maximum atomic E-state index is 13.0. The molecule has 1 fully saturated rings. The highest BCUT2D eigenvalue weighted by Gasteiger charge is 2.34. The van der Waals surface area contributed by atoms with E-state index >= 15 is 0 Å². The number of sulfonamides is 1. The minimum atomic E-state index is -3.65. The summed E-state index contributed by atoms with van der Waals surface area (Å²) in [7, 11) is -3.65. The van der Waals surface area contributed by atoms with Gasteiger partial charge in [-0.05, 0) is 38.0 Å². The lowest BCUT2D eigenvalue weighted by Crippen LogP contribution is -2.56. The van der Waals surface area contributed by atoms with E-state index in [9.17, 15) is 18.0 Å². The van der Waals surface area contributed by atoms with Gasteiger partial charge >= 0.3 is 6.09 Å². The smallest absolute Gasteiger partial charge is 0.409 e. The number of aryl methyl sites for hydroxylation is 1. The van der Waals surface area contributed by atoms with E-state index in [1.165, 1.54) is 0 Å². The standard InChI is InChI=1S/C19H29N3O5S/c1-5-16-7-9-17(10-8-16)22(28(4,25)26)15(3)18(23)20-11-13-21(14-12-20)19(24)27-6-2/h7-10,15H,5-6,11-14H2,1-4H3. The summed E-state index contributed by atoms with van der Waals surface area (Å²) in [6, 6.07) is 6.30. The van der Waals surface area contributed by atoms with Crippen molar-refractivity contribution in [3.05, 3.63) is 29.8 Å². The summed E-state index contributed by atoms with van der Waals surface area (Å²) >= 11 is 0. The lowest BCUT2D eigenvalue weighted by atomic mass is 10.1. The van der Waals surface area contributed by atoms with Gasteiger partial charge in [0.05, 0.1) is 18.6 Å². The first-order valence-electron chi connectivity index (χ1n) is 9.47. The lowest BCUT2D eigenvalue weighted by Gasteiger charge is -2.37. The van der Waals surface area contributed by atoms with Crippen LogP contribution in [-0.4, -0.2) is 75.3 Å². The fraction of sp³-hybridized carbons (Fsp3) is 0.579. The fourth-order valence-corrected chi connectivity index (χ4v) is 4.44. The summed E-state index contributed by atoms with van der Waals surface area (Å²) in [5.41, 5.74) is 1.55. The first-order valence-corrected chi connectivity index (χ1v) is 11.3. The molecule has 28 heavy (non-hydrogen) atoms. The van der Waals surface area contributed by atoms with E-state index in [4.69, 9.17) is 4.74 Å². The van der Waals surface area contributed by atoms with Gasteiger partial charge in [-0.2, -0.15) is 0 Å². The topological polar surface area (TPSA) is 87.2 Å². The summed E-state index contributed by atoms with van der Waals surface area (Å²) in [5.74, 6) is -0.284. The Morgan fingerprint density at radius 2 is 1.61 bits per heavy atom. The predicted molar refractivity (Wildman–Crippen MR) is 108 cm³/mol. The Kier molecular flexibility index (Phi) is 7.29. The molecule has 1 heterocycles. The Balaban J connectivity index is 2.13. The number of benzene rings is 1. The molecule has 0 bridgehead atoms. The van der Waals surface area contributed by atoms with Crippen LogP contribution in [0.15, 0.2) is 24.3 Å². The van der Waals surface area contributed by atoms with Crippen molar-refractivity contribution in [3.8, 4) is 0 Å². The van der Waals surface area contributed by atoms with Crippen molar-refractivity contribution in [1.82, 2.24) is 9.80 Å². The Morgan fingerprint density at radius 1 is 1.07 bits per heavy atom. The third-order valence-corrected chi connectivity index (χ3v) is 6.02. The van der Waals surface area contributed by atoms with Crippen molar-refractivity contribution in [2.45, 2.75) is 33.2 Å². The Labute approximate surface area is 167 Å². The highest BCUT2D eigenvalue weighted by atomic mass is 32.2. The average Bonchev–Trinajstić information content (AvgIpc) is 2.67. The van der Waals surface area contributed by atoms with Crippen LogP contribution in [0, 0.1) is 0 Å². The van der Waals surface area contributed by atoms with Crippen LogP contribution >= 0.6 is 0 Å². The highest BCUT2D eigenvalue weighted by Crippen LogP contribution is 2.23. The van der Waals surface area contributed by atoms with Crippen molar-refractivity contribution in [1.29, 1.82) is 0 Å². The number of piperazine rings is 1. The van der Waals surface area contributed by atoms with Gasteiger partial charge in [0.25, 0.3) is 0 Å². The third kappa shape index (κ3) is 5.15. The van der Waals surface area contributed by atoms with Gasteiger partial charge in [0.1, 0.15) is 6.04 Å². The number of carbonyl (C=O) groups excluding carboxylic acids is 2. The zero-order valence-electron chi connectivity index (χ0n) is 16.9. The number of anilines is 1. The van der Waals surface area contributed by atoms with Gasteiger partial charge in [0.2, 0.25) is 15.9 Å². The average molecular weight is 412 g/mol. The van der Waals surface area contributed by atoms with Gasteiger partial charge < -0.3 is 14.5 Å².